The van der Waals surface area contributed by atoms with Gasteiger partial charge < -0.3 is 10.1 Å². The van der Waals surface area contributed by atoms with Crippen molar-refractivity contribution in [3.63, 3.8) is 0 Å². The van der Waals surface area contributed by atoms with E-state index < -0.39 is 11.6 Å². The van der Waals surface area contributed by atoms with Gasteiger partial charge in [0.1, 0.15) is 23.5 Å². The second-order valence-corrected chi connectivity index (χ2v) is 5.02. The highest BCUT2D eigenvalue weighted by molar-refractivity contribution is 9.10. The van der Waals surface area contributed by atoms with E-state index in [-0.39, 0.29) is 16.6 Å². The van der Waals surface area contributed by atoms with E-state index in [1.54, 1.807) is 18.2 Å². The van der Waals surface area contributed by atoms with Gasteiger partial charge in [-0.15, -0.1) is 0 Å². The van der Waals surface area contributed by atoms with E-state index in [2.05, 4.69) is 21.2 Å². The number of hydrogen-bond donors (Lipinski definition) is 1. The molecule has 0 bridgehead atoms. The van der Waals surface area contributed by atoms with Crippen molar-refractivity contribution >= 4 is 21.6 Å². The summed E-state index contributed by atoms with van der Waals surface area (Å²) in [5, 5.41) is 11.9. The summed E-state index contributed by atoms with van der Waals surface area (Å²) in [6, 6.07) is 9.42. The molecule has 0 radical (unpaired) electrons. The molecule has 0 aliphatic heterocycles. The fourth-order valence-electron chi connectivity index (χ4n) is 1.88. The van der Waals surface area contributed by atoms with E-state index in [9.17, 15) is 8.78 Å². The van der Waals surface area contributed by atoms with Crippen LogP contribution in [0.5, 0.6) is 5.75 Å². The van der Waals surface area contributed by atoms with Crippen LogP contribution in [0.1, 0.15) is 11.1 Å². The summed E-state index contributed by atoms with van der Waals surface area (Å²) in [5.41, 5.74) is 0.630. The standard InChI is InChI=1S/C15H11BrF2N2O/c1-21-13-4-2-3-9(7-19)15(13)20-8-10-12(17)6-5-11(16)14(10)18/h2-6,20H,8H2,1H3. The minimum atomic E-state index is -0.670. The lowest BCUT2D eigenvalue weighted by molar-refractivity contribution is 0.416. The summed E-state index contributed by atoms with van der Waals surface area (Å²) < 4.78 is 32.9. The van der Waals surface area contributed by atoms with Crippen molar-refractivity contribution in [3.05, 3.63) is 57.6 Å². The van der Waals surface area contributed by atoms with Gasteiger partial charge in [-0.3, -0.25) is 0 Å². The van der Waals surface area contributed by atoms with E-state index in [0.29, 0.717) is 17.0 Å². The number of nitrogens with zero attached hydrogens (tertiary/aromatic N) is 1. The summed E-state index contributed by atoms with van der Waals surface area (Å²) in [7, 11) is 1.46. The van der Waals surface area contributed by atoms with E-state index in [1.165, 1.54) is 19.2 Å². The van der Waals surface area contributed by atoms with E-state index >= 15 is 0 Å². The van der Waals surface area contributed by atoms with E-state index in [4.69, 9.17) is 10.00 Å². The van der Waals surface area contributed by atoms with Crippen LogP contribution < -0.4 is 10.1 Å². The number of ether oxygens (including phenoxy) is 1. The second kappa shape index (κ2) is 6.55. The van der Waals surface area contributed by atoms with Crippen molar-refractivity contribution < 1.29 is 13.5 Å². The van der Waals surface area contributed by atoms with E-state index in [1.807, 2.05) is 6.07 Å². The number of benzene rings is 2. The number of hydrogen-bond acceptors (Lipinski definition) is 3. The highest BCUT2D eigenvalue weighted by Gasteiger charge is 2.14. The van der Waals surface area contributed by atoms with Crippen LogP contribution in [0.15, 0.2) is 34.8 Å². The smallest absolute Gasteiger partial charge is 0.145 e. The molecule has 2 aromatic rings. The van der Waals surface area contributed by atoms with Crippen molar-refractivity contribution in [3.8, 4) is 11.8 Å². The lowest BCUT2D eigenvalue weighted by atomic mass is 10.1. The van der Waals surface area contributed by atoms with Gasteiger partial charge in [0.05, 0.1) is 22.8 Å². The Bertz CT molecular complexity index is 714. The van der Waals surface area contributed by atoms with Crippen LogP contribution in [0.4, 0.5) is 14.5 Å². The molecular formula is C15H11BrF2N2O. The third-order valence-electron chi connectivity index (χ3n) is 2.95. The van der Waals surface area contributed by atoms with Gasteiger partial charge in [-0.2, -0.15) is 5.26 Å². The molecule has 0 amide bonds. The third-order valence-corrected chi connectivity index (χ3v) is 3.56. The summed E-state index contributed by atoms with van der Waals surface area (Å²) in [5.74, 6) is -0.891. The Morgan fingerprint density at radius 3 is 2.71 bits per heavy atom. The monoisotopic (exact) mass is 352 g/mol. The molecule has 0 aliphatic carbocycles. The Morgan fingerprint density at radius 2 is 2.05 bits per heavy atom. The highest BCUT2D eigenvalue weighted by Crippen LogP contribution is 2.29. The third kappa shape index (κ3) is 3.14. The zero-order chi connectivity index (χ0) is 15.4. The maximum atomic E-state index is 13.9. The molecule has 2 aromatic carbocycles. The second-order valence-electron chi connectivity index (χ2n) is 4.17. The maximum absolute atomic E-state index is 13.9. The first-order chi connectivity index (χ1) is 10.1. The Labute approximate surface area is 129 Å². The zero-order valence-electron chi connectivity index (χ0n) is 11.1. The molecule has 0 spiro atoms. The Balaban J connectivity index is 2.34. The average molecular weight is 353 g/mol. The van der Waals surface area contributed by atoms with Crippen LogP contribution in [-0.2, 0) is 6.54 Å². The number of para-hydroxylation sites is 1. The molecule has 0 aromatic heterocycles. The summed E-state index contributed by atoms with van der Waals surface area (Å²) in [6.45, 7) is -0.105. The molecule has 0 heterocycles. The van der Waals surface area contributed by atoms with Crippen LogP contribution in [-0.4, -0.2) is 7.11 Å². The van der Waals surface area contributed by atoms with Gasteiger partial charge >= 0.3 is 0 Å². The number of nitriles is 1. The van der Waals surface area contributed by atoms with Gasteiger partial charge in [0.25, 0.3) is 0 Å². The van der Waals surface area contributed by atoms with Gasteiger partial charge in [-0.1, -0.05) is 6.07 Å². The number of methoxy groups -OCH3 is 1. The molecule has 21 heavy (non-hydrogen) atoms. The van der Waals surface area contributed by atoms with Crippen molar-refractivity contribution in [2.75, 3.05) is 12.4 Å². The highest BCUT2D eigenvalue weighted by atomic mass is 79.9. The minimum absolute atomic E-state index is 0.105. The molecule has 0 saturated carbocycles. The molecule has 0 saturated heterocycles. The molecule has 2 rings (SSSR count). The molecule has 3 nitrogen and oxygen atoms in total. The predicted octanol–water partition coefficient (Wildman–Crippen LogP) is 4.22. The Hall–Kier alpha value is -2.13. The van der Waals surface area contributed by atoms with Crippen molar-refractivity contribution in [1.82, 2.24) is 0 Å². The van der Waals surface area contributed by atoms with Gasteiger partial charge in [0.2, 0.25) is 0 Å². The zero-order valence-corrected chi connectivity index (χ0v) is 12.7. The van der Waals surface area contributed by atoms with Gasteiger partial charge in [-0.05, 0) is 40.2 Å². The molecule has 0 fully saturated rings. The minimum Gasteiger partial charge on any atom is -0.495 e. The largest absolute Gasteiger partial charge is 0.495 e. The first-order valence-corrected chi connectivity index (χ1v) is 6.81. The Kier molecular flexibility index (Phi) is 4.76. The lowest BCUT2D eigenvalue weighted by Crippen LogP contribution is -2.07. The van der Waals surface area contributed by atoms with Crippen LogP contribution in [0, 0.1) is 23.0 Å². The Morgan fingerprint density at radius 1 is 1.29 bits per heavy atom. The van der Waals surface area contributed by atoms with Gasteiger partial charge in [-0.25, -0.2) is 8.78 Å². The first-order valence-electron chi connectivity index (χ1n) is 6.01. The molecule has 0 atom stereocenters. The van der Waals surface area contributed by atoms with Crippen molar-refractivity contribution in [2.24, 2.45) is 0 Å². The molecule has 1 N–H and O–H groups in total. The van der Waals surface area contributed by atoms with E-state index in [0.717, 1.165) is 0 Å². The molecular weight excluding hydrogens is 342 g/mol. The van der Waals surface area contributed by atoms with Crippen molar-refractivity contribution in [2.45, 2.75) is 6.54 Å². The predicted molar refractivity (Wildman–Crippen MR) is 79.1 cm³/mol. The normalized spacial score (nSPS) is 10.0. The number of rotatable bonds is 4. The van der Waals surface area contributed by atoms with Gasteiger partial charge in [0, 0.05) is 12.1 Å². The summed E-state index contributed by atoms with van der Waals surface area (Å²) in [6.07, 6.45) is 0. The van der Waals surface area contributed by atoms with Crippen LogP contribution >= 0.6 is 15.9 Å². The fraction of sp³-hybridized carbons (Fsp3) is 0.133. The SMILES string of the molecule is COc1cccc(C#N)c1NCc1c(F)ccc(Br)c1F. The van der Waals surface area contributed by atoms with Crippen LogP contribution in [0.2, 0.25) is 0 Å². The maximum Gasteiger partial charge on any atom is 0.145 e. The topological polar surface area (TPSA) is 45.0 Å². The quantitative estimate of drug-likeness (QED) is 0.838. The average Bonchev–Trinajstić information content (AvgIpc) is 2.50. The molecule has 108 valence electrons. The van der Waals surface area contributed by atoms with Crippen LogP contribution in [0.25, 0.3) is 0 Å². The molecule has 0 aliphatic rings. The fourth-order valence-corrected chi connectivity index (χ4v) is 2.26. The van der Waals surface area contributed by atoms with Crippen molar-refractivity contribution in [1.29, 1.82) is 5.26 Å². The van der Waals surface area contributed by atoms with Crippen LogP contribution in [0.3, 0.4) is 0 Å². The number of anilines is 1. The van der Waals surface area contributed by atoms with Gasteiger partial charge in [0.15, 0.2) is 0 Å². The molecule has 6 heteroatoms. The number of nitrogens with one attached hydrogen (secondary N) is 1. The lowest BCUT2D eigenvalue weighted by Gasteiger charge is -2.13. The summed E-state index contributed by atoms with van der Waals surface area (Å²) >= 11 is 3.02. The number of halogens is 3. The molecule has 0 unspecified atom stereocenters. The summed E-state index contributed by atoms with van der Waals surface area (Å²) in [4.78, 5) is 0. The first kappa shape index (κ1) is 15.3.